The van der Waals surface area contributed by atoms with Gasteiger partial charge in [-0.25, -0.2) is 14.4 Å². The molecule has 3 N–H and O–H groups in total. The standard InChI is InChI=1S/C26H30ClFN8O2.CH2O2/c1-26(2)24(37)36(9-8-28)20-14-17(4-6-21(20)38-26)31-23-19(27)16-30-25(33-23)32-18-5-7-22(29-15-18)35-12-10-34(3)11-13-35;2-1-3/h4-7,14-16H,8-13H2,1-3H3,(H2,30,31,32,33);1H,(H,2,3). The second-order valence-electron chi connectivity index (χ2n) is 9.88. The van der Waals surface area contributed by atoms with Crippen molar-refractivity contribution in [1.82, 2.24) is 19.9 Å². The van der Waals surface area contributed by atoms with Gasteiger partial charge in [0, 0.05) is 31.9 Å². The van der Waals surface area contributed by atoms with Crippen LogP contribution in [0.1, 0.15) is 13.8 Å². The molecule has 1 amide bonds. The highest BCUT2D eigenvalue weighted by Crippen LogP contribution is 2.40. The summed E-state index contributed by atoms with van der Waals surface area (Å²) in [5.41, 5.74) is 0.746. The van der Waals surface area contributed by atoms with Gasteiger partial charge in [0.2, 0.25) is 5.95 Å². The lowest BCUT2D eigenvalue weighted by Crippen LogP contribution is -2.53. The second-order valence-corrected chi connectivity index (χ2v) is 10.3. The number of hydrogen-bond donors (Lipinski definition) is 3. The normalized spacial score (nSPS) is 16.2. The molecule has 218 valence electrons. The van der Waals surface area contributed by atoms with E-state index in [9.17, 15) is 9.18 Å². The van der Waals surface area contributed by atoms with E-state index in [0.717, 1.165) is 37.7 Å². The predicted molar refractivity (Wildman–Crippen MR) is 156 cm³/mol. The molecule has 41 heavy (non-hydrogen) atoms. The summed E-state index contributed by atoms with van der Waals surface area (Å²) in [4.78, 5) is 40.5. The zero-order chi connectivity index (χ0) is 29.6. The average Bonchev–Trinajstić information content (AvgIpc) is 2.95. The van der Waals surface area contributed by atoms with Gasteiger partial charge in [-0.1, -0.05) is 11.6 Å². The van der Waals surface area contributed by atoms with Gasteiger partial charge in [0.1, 0.15) is 23.3 Å². The number of carboxylic acid groups (broad SMARTS) is 1. The summed E-state index contributed by atoms with van der Waals surface area (Å²) in [5, 5.41) is 13.5. The van der Waals surface area contributed by atoms with Crippen molar-refractivity contribution in [3.63, 3.8) is 0 Å². The van der Waals surface area contributed by atoms with Crippen LogP contribution in [0.4, 0.5) is 39.0 Å². The fourth-order valence-electron chi connectivity index (χ4n) is 4.42. The lowest BCUT2D eigenvalue weighted by Gasteiger charge is -2.38. The largest absolute Gasteiger partial charge is 0.483 e. The van der Waals surface area contributed by atoms with Crippen LogP contribution in [0.15, 0.2) is 42.7 Å². The van der Waals surface area contributed by atoms with E-state index in [2.05, 4.69) is 42.4 Å². The van der Waals surface area contributed by atoms with Crippen LogP contribution in [-0.2, 0) is 9.59 Å². The van der Waals surface area contributed by atoms with Crippen LogP contribution in [0.2, 0.25) is 5.02 Å². The van der Waals surface area contributed by atoms with Gasteiger partial charge in [-0.3, -0.25) is 9.59 Å². The van der Waals surface area contributed by atoms with Gasteiger partial charge in [-0.15, -0.1) is 0 Å². The van der Waals surface area contributed by atoms with Crippen LogP contribution in [0.5, 0.6) is 5.75 Å². The number of amides is 1. The Labute approximate surface area is 242 Å². The van der Waals surface area contributed by atoms with Crippen molar-refractivity contribution in [3.8, 4) is 5.75 Å². The number of halogens is 2. The maximum Gasteiger partial charge on any atom is 0.290 e. The highest BCUT2D eigenvalue weighted by Gasteiger charge is 2.40. The number of fused-ring (bicyclic) bond motifs is 1. The van der Waals surface area contributed by atoms with Gasteiger partial charge in [0.15, 0.2) is 11.4 Å². The minimum atomic E-state index is -1.08. The van der Waals surface area contributed by atoms with Crippen molar-refractivity contribution in [3.05, 3.63) is 47.7 Å². The third kappa shape index (κ3) is 7.11. The zero-order valence-corrected chi connectivity index (χ0v) is 23.7. The molecule has 1 saturated heterocycles. The molecule has 0 spiro atoms. The Kier molecular flexibility index (Phi) is 9.40. The number of hydrogen-bond acceptors (Lipinski definition) is 10. The molecule has 4 heterocycles. The Hall–Kier alpha value is -4.23. The van der Waals surface area contributed by atoms with Crippen molar-refractivity contribution in [2.75, 3.05) is 66.9 Å². The van der Waals surface area contributed by atoms with Crippen LogP contribution >= 0.6 is 11.6 Å². The maximum atomic E-state index is 13.3. The van der Waals surface area contributed by atoms with Crippen molar-refractivity contribution in [2.24, 2.45) is 0 Å². The number of likely N-dealkylation sites (N-methyl/N-ethyl adjacent to an activating group) is 1. The van der Waals surface area contributed by atoms with Gasteiger partial charge in [0.25, 0.3) is 12.4 Å². The first-order chi connectivity index (χ1) is 19.6. The Balaban J connectivity index is 0.00000124. The van der Waals surface area contributed by atoms with E-state index in [1.165, 1.54) is 11.1 Å². The quantitative estimate of drug-likeness (QED) is 0.347. The number of alkyl halides is 1. The molecule has 0 saturated carbocycles. The monoisotopic (exact) mass is 586 g/mol. The van der Waals surface area contributed by atoms with Gasteiger partial charge < -0.3 is 35.2 Å². The third-order valence-electron chi connectivity index (χ3n) is 6.52. The fourth-order valence-corrected chi connectivity index (χ4v) is 4.55. The Morgan fingerprint density at radius 3 is 2.46 bits per heavy atom. The molecule has 0 atom stereocenters. The summed E-state index contributed by atoms with van der Waals surface area (Å²) in [6, 6.07) is 9.14. The van der Waals surface area contributed by atoms with Gasteiger partial charge in [-0.2, -0.15) is 4.98 Å². The number of ether oxygens (including phenoxy) is 1. The highest BCUT2D eigenvalue weighted by atomic mass is 35.5. The van der Waals surface area contributed by atoms with Crippen molar-refractivity contribution < 1.29 is 23.8 Å². The summed E-state index contributed by atoms with van der Waals surface area (Å²) in [6.45, 7) is 6.25. The van der Waals surface area contributed by atoms with Crippen LogP contribution in [0.3, 0.4) is 0 Å². The summed E-state index contributed by atoms with van der Waals surface area (Å²) >= 11 is 6.37. The molecular formula is C27H32ClFN8O4. The zero-order valence-electron chi connectivity index (χ0n) is 23.0. The number of anilines is 6. The topological polar surface area (TPSA) is 136 Å². The molecule has 0 radical (unpaired) electrons. The van der Waals surface area contributed by atoms with E-state index in [1.807, 2.05) is 12.1 Å². The SMILES string of the molecule is CN1CCN(c2ccc(Nc3ncc(Cl)c(Nc4ccc5c(c4)N(CCF)C(=O)C(C)(C)O5)n3)cn2)CC1.O=CO. The maximum absolute atomic E-state index is 13.3. The molecular weight excluding hydrogens is 555 g/mol. The first-order valence-electron chi connectivity index (χ1n) is 12.9. The number of benzene rings is 1. The van der Waals surface area contributed by atoms with Crippen molar-refractivity contribution in [1.29, 1.82) is 0 Å². The number of nitrogens with zero attached hydrogens (tertiary/aromatic N) is 6. The first-order valence-corrected chi connectivity index (χ1v) is 13.3. The molecule has 0 aliphatic carbocycles. The van der Waals surface area contributed by atoms with E-state index in [-0.39, 0.29) is 18.9 Å². The number of rotatable bonds is 7. The molecule has 2 aliphatic heterocycles. The summed E-state index contributed by atoms with van der Waals surface area (Å²) in [7, 11) is 2.12. The lowest BCUT2D eigenvalue weighted by molar-refractivity contribution is -0.132. The average molecular weight is 587 g/mol. The summed E-state index contributed by atoms with van der Waals surface area (Å²) in [6.07, 6.45) is 3.24. The molecule has 2 aliphatic rings. The molecule has 0 unspecified atom stereocenters. The van der Waals surface area contributed by atoms with Crippen LogP contribution in [0, 0.1) is 0 Å². The highest BCUT2D eigenvalue weighted by molar-refractivity contribution is 6.32. The van der Waals surface area contributed by atoms with Crippen molar-refractivity contribution in [2.45, 2.75) is 19.4 Å². The van der Waals surface area contributed by atoms with E-state index < -0.39 is 12.3 Å². The van der Waals surface area contributed by atoms with E-state index in [4.69, 9.17) is 26.2 Å². The lowest BCUT2D eigenvalue weighted by atomic mass is 10.0. The number of carbonyl (C=O) groups is 2. The second kappa shape index (κ2) is 13.0. The third-order valence-corrected chi connectivity index (χ3v) is 6.80. The van der Waals surface area contributed by atoms with Crippen molar-refractivity contribution >= 4 is 58.6 Å². The number of carbonyl (C=O) groups excluding carboxylic acids is 1. The van der Waals surface area contributed by atoms with Gasteiger partial charge in [0.05, 0.1) is 30.3 Å². The molecule has 12 nitrogen and oxygen atoms in total. The molecule has 5 rings (SSSR count). The number of nitrogens with one attached hydrogen (secondary N) is 2. The Morgan fingerprint density at radius 2 is 1.80 bits per heavy atom. The minimum Gasteiger partial charge on any atom is -0.483 e. The molecule has 2 aromatic heterocycles. The fraction of sp³-hybridized carbons (Fsp3) is 0.370. The first kappa shape index (κ1) is 29.7. The molecule has 3 aromatic rings. The molecule has 1 aromatic carbocycles. The Morgan fingerprint density at radius 1 is 1.10 bits per heavy atom. The predicted octanol–water partition coefficient (Wildman–Crippen LogP) is 3.94. The number of piperazine rings is 1. The van der Waals surface area contributed by atoms with Crippen LogP contribution < -0.4 is 25.2 Å². The Bertz CT molecular complexity index is 1370. The smallest absolute Gasteiger partial charge is 0.290 e. The van der Waals surface area contributed by atoms with E-state index >= 15 is 0 Å². The summed E-state index contributed by atoms with van der Waals surface area (Å²) < 4.78 is 19.1. The van der Waals surface area contributed by atoms with Crippen LogP contribution in [0.25, 0.3) is 0 Å². The summed E-state index contributed by atoms with van der Waals surface area (Å²) in [5.74, 6) is 1.83. The van der Waals surface area contributed by atoms with Crippen LogP contribution in [-0.4, -0.2) is 89.4 Å². The molecule has 0 bridgehead atoms. The van der Waals surface area contributed by atoms with E-state index in [0.29, 0.717) is 33.9 Å². The molecule has 1 fully saturated rings. The van der Waals surface area contributed by atoms with E-state index in [1.54, 1.807) is 38.2 Å². The number of aromatic nitrogens is 3. The minimum absolute atomic E-state index is 0.0635. The molecule has 14 heteroatoms. The number of pyridine rings is 1. The van der Waals surface area contributed by atoms with Gasteiger partial charge >= 0.3 is 0 Å². The van der Waals surface area contributed by atoms with Gasteiger partial charge in [-0.05, 0) is 51.2 Å².